The molecule has 1 N–H and O–H groups in total. The van der Waals surface area contributed by atoms with Crippen LogP contribution in [-0.4, -0.2) is 28.3 Å². The number of nitrogens with one attached hydrogen (secondary N) is 1. The van der Waals surface area contributed by atoms with Gasteiger partial charge in [-0.25, -0.2) is 4.98 Å². The van der Waals surface area contributed by atoms with Crippen molar-refractivity contribution >= 4 is 5.95 Å². The van der Waals surface area contributed by atoms with Crippen LogP contribution in [-0.2, 0) is 11.3 Å². The van der Waals surface area contributed by atoms with Gasteiger partial charge >= 0.3 is 0 Å². The Kier molecular flexibility index (Phi) is 5.25. The molecule has 2 rings (SSSR count). The Bertz CT molecular complexity index is 381. The maximum Gasteiger partial charge on any atom is 0.203 e. The van der Waals surface area contributed by atoms with E-state index in [-0.39, 0.29) is 0 Å². The van der Waals surface area contributed by atoms with Crippen molar-refractivity contribution < 1.29 is 4.74 Å². The molecule has 4 heteroatoms. The number of hydrogen-bond donors (Lipinski definition) is 1. The van der Waals surface area contributed by atoms with Gasteiger partial charge in [-0.05, 0) is 33.6 Å². The average Bonchev–Trinajstić information content (AvgIpc) is 2.70. The second kappa shape index (κ2) is 6.94. The standard InChI is InChI=1S/C15H27N3O/c1-12(2)16-15-17-13(3)11-18(15)9-10-19-14-7-5-4-6-8-14/h11-12,14H,4-10H2,1-3H3,(H,16,17). The topological polar surface area (TPSA) is 39.1 Å². The van der Waals surface area contributed by atoms with Gasteiger partial charge in [-0.15, -0.1) is 0 Å². The number of rotatable bonds is 6. The van der Waals surface area contributed by atoms with E-state index < -0.39 is 0 Å². The van der Waals surface area contributed by atoms with Gasteiger partial charge in [0, 0.05) is 18.8 Å². The van der Waals surface area contributed by atoms with Crippen LogP contribution in [0, 0.1) is 6.92 Å². The molecule has 0 aliphatic heterocycles. The number of aromatic nitrogens is 2. The van der Waals surface area contributed by atoms with Gasteiger partial charge < -0.3 is 14.6 Å². The monoisotopic (exact) mass is 265 g/mol. The number of aryl methyl sites for hydroxylation is 1. The van der Waals surface area contributed by atoms with E-state index in [1.807, 2.05) is 6.92 Å². The predicted molar refractivity (Wildman–Crippen MR) is 78.5 cm³/mol. The largest absolute Gasteiger partial charge is 0.376 e. The molecule has 0 radical (unpaired) electrons. The van der Waals surface area contributed by atoms with E-state index in [9.17, 15) is 0 Å². The zero-order valence-corrected chi connectivity index (χ0v) is 12.5. The summed E-state index contributed by atoms with van der Waals surface area (Å²) in [6, 6.07) is 0.403. The molecule has 1 aromatic heterocycles. The Morgan fingerprint density at radius 3 is 2.79 bits per heavy atom. The molecule has 0 bridgehead atoms. The normalized spacial score (nSPS) is 17.1. The minimum atomic E-state index is 0.403. The van der Waals surface area contributed by atoms with Crippen molar-refractivity contribution in [2.45, 2.75) is 71.6 Å². The Labute approximate surface area is 116 Å². The smallest absolute Gasteiger partial charge is 0.203 e. The summed E-state index contributed by atoms with van der Waals surface area (Å²) in [6.45, 7) is 7.96. The van der Waals surface area contributed by atoms with E-state index in [0.717, 1.165) is 24.8 Å². The summed E-state index contributed by atoms with van der Waals surface area (Å²) in [7, 11) is 0. The lowest BCUT2D eigenvalue weighted by atomic mass is 9.98. The lowest BCUT2D eigenvalue weighted by Crippen LogP contribution is -2.20. The van der Waals surface area contributed by atoms with Gasteiger partial charge in [0.1, 0.15) is 0 Å². The van der Waals surface area contributed by atoms with Crippen molar-refractivity contribution in [1.29, 1.82) is 0 Å². The van der Waals surface area contributed by atoms with E-state index in [0.29, 0.717) is 12.1 Å². The summed E-state index contributed by atoms with van der Waals surface area (Å²) in [5.74, 6) is 0.958. The van der Waals surface area contributed by atoms with Gasteiger partial charge in [0.2, 0.25) is 5.95 Å². The summed E-state index contributed by atoms with van der Waals surface area (Å²) >= 11 is 0. The summed E-state index contributed by atoms with van der Waals surface area (Å²) in [5, 5.41) is 3.38. The van der Waals surface area contributed by atoms with Crippen LogP contribution in [0.2, 0.25) is 0 Å². The fourth-order valence-corrected chi connectivity index (χ4v) is 2.64. The quantitative estimate of drug-likeness (QED) is 0.857. The molecule has 1 heterocycles. The molecule has 0 unspecified atom stereocenters. The van der Waals surface area contributed by atoms with E-state index in [2.05, 4.69) is 34.9 Å². The number of imidazole rings is 1. The van der Waals surface area contributed by atoms with Crippen molar-refractivity contribution in [3.05, 3.63) is 11.9 Å². The third-order valence-electron chi connectivity index (χ3n) is 3.55. The maximum absolute atomic E-state index is 5.98. The third-order valence-corrected chi connectivity index (χ3v) is 3.55. The van der Waals surface area contributed by atoms with Gasteiger partial charge in [0.05, 0.1) is 18.4 Å². The van der Waals surface area contributed by atoms with Crippen LogP contribution in [0.25, 0.3) is 0 Å². The summed E-state index contributed by atoms with van der Waals surface area (Å²) < 4.78 is 8.14. The summed E-state index contributed by atoms with van der Waals surface area (Å²) in [5.41, 5.74) is 1.06. The van der Waals surface area contributed by atoms with Gasteiger partial charge in [-0.3, -0.25) is 0 Å². The highest BCUT2D eigenvalue weighted by atomic mass is 16.5. The van der Waals surface area contributed by atoms with Crippen LogP contribution in [0.4, 0.5) is 5.95 Å². The fourth-order valence-electron chi connectivity index (χ4n) is 2.64. The Balaban J connectivity index is 1.81. The first kappa shape index (κ1) is 14.4. The molecule has 19 heavy (non-hydrogen) atoms. The molecule has 0 saturated heterocycles. The van der Waals surface area contributed by atoms with Gasteiger partial charge in [0.25, 0.3) is 0 Å². The van der Waals surface area contributed by atoms with Crippen molar-refractivity contribution in [2.75, 3.05) is 11.9 Å². The highest BCUT2D eigenvalue weighted by molar-refractivity contribution is 5.29. The zero-order chi connectivity index (χ0) is 13.7. The molecular formula is C15H27N3O. The first-order valence-electron chi connectivity index (χ1n) is 7.57. The zero-order valence-electron chi connectivity index (χ0n) is 12.5. The fraction of sp³-hybridized carbons (Fsp3) is 0.800. The Morgan fingerprint density at radius 2 is 2.11 bits per heavy atom. The molecule has 1 aromatic rings. The average molecular weight is 265 g/mol. The molecule has 0 atom stereocenters. The highest BCUT2D eigenvalue weighted by Crippen LogP contribution is 2.20. The van der Waals surface area contributed by atoms with Crippen LogP contribution in [0.1, 0.15) is 51.6 Å². The first-order chi connectivity index (χ1) is 9.15. The van der Waals surface area contributed by atoms with E-state index in [4.69, 9.17) is 4.74 Å². The van der Waals surface area contributed by atoms with Crippen molar-refractivity contribution in [3.8, 4) is 0 Å². The van der Waals surface area contributed by atoms with Gasteiger partial charge in [0.15, 0.2) is 0 Å². The second-order valence-electron chi connectivity index (χ2n) is 5.83. The Hall–Kier alpha value is -1.03. The van der Waals surface area contributed by atoms with Crippen LogP contribution in [0.5, 0.6) is 0 Å². The molecule has 4 nitrogen and oxygen atoms in total. The van der Waals surface area contributed by atoms with Crippen molar-refractivity contribution in [3.63, 3.8) is 0 Å². The number of nitrogens with zero attached hydrogens (tertiary/aromatic N) is 2. The van der Waals surface area contributed by atoms with Gasteiger partial charge in [-0.1, -0.05) is 19.3 Å². The maximum atomic E-state index is 5.98. The van der Waals surface area contributed by atoms with Crippen LogP contribution in [0.3, 0.4) is 0 Å². The minimum Gasteiger partial charge on any atom is -0.376 e. The summed E-state index contributed by atoms with van der Waals surface area (Å²) in [6.07, 6.45) is 9.09. The lowest BCUT2D eigenvalue weighted by Gasteiger charge is -2.22. The minimum absolute atomic E-state index is 0.403. The van der Waals surface area contributed by atoms with E-state index >= 15 is 0 Å². The van der Waals surface area contributed by atoms with Gasteiger partial charge in [-0.2, -0.15) is 0 Å². The molecule has 1 aliphatic rings. The van der Waals surface area contributed by atoms with Crippen molar-refractivity contribution in [2.24, 2.45) is 0 Å². The molecule has 1 saturated carbocycles. The first-order valence-corrected chi connectivity index (χ1v) is 7.57. The van der Waals surface area contributed by atoms with Crippen LogP contribution >= 0.6 is 0 Å². The number of hydrogen-bond acceptors (Lipinski definition) is 3. The number of anilines is 1. The molecule has 108 valence electrons. The molecule has 0 aromatic carbocycles. The molecule has 1 aliphatic carbocycles. The lowest BCUT2D eigenvalue weighted by molar-refractivity contribution is 0.0242. The molecular weight excluding hydrogens is 238 g/mol. The SMILES string of the molecule is Cc1cn(CCOC2CCCCC2)c(NC(C)C)n1. The van der Waals surface area contributed by atoms with Crippen molar-refractivity contribution in [1.82, 2.24) is 9.55 Å². The van der Waals surface area contributed by atoms with E-state index in [1.165, 1.54) is 32.1 Å². The van der Waals surface area contributed by atoms with Crippen LogP contribution in [0.15, 0.2) is 6.20 Å². The van der Waals surface area contributed by atoms with Crippen LogP contribution < -0.4 is 5.32 Å². The predicted octanol–water partition coefficient (Wildman–Crippen LogP) is 3.36. The van der Waals surface area contributed by atoms with E-state index in [1.54, 1.807) is 0 Å². The summed E-state index contributed by atoms with van der Waals surface area (Å²) in [4.78, 5) is 4.51. The Morgan fingerprint density at radius 1 is 1.37 bits per heavy atom. The third kappa shape index (κ3) is 4.53. The second-order valence-corrected chi connectivity index (χ2v) is 5.83. The highest BCUT2D eigenvalue weighted by Gasteiger charge is 2.14. The number of ether oxygens (including phenoxy) is 1. The molecule has 0 spiro atoms. The molecule has 1 fully saturated rings. The molecule has 0 amide bonds.